The van der Waals surface area contributed by atoms with Crippen LogP contribution in [0.4, 0.5) is 4.79 Å². The number of hydrogen-bond donors (Lipinski definition) is 3. The number of thiophene rings is 1. The number of hydrogen-bond acceptors (Lipinski definition) is 3. The van der Waals surface area contributed by atoms with Gasteiger partial charge in [0.15, 0.2) is 0 Å². The molecule has 0 saturated carbocycles. The molecule has 2 heterocycles. The maximum Gasteiger partial charge on any atom is 0.315 e. The summed E-state index contributed by atoms with van der Waals surface area (Å²) in [5.41, 5.74) is 2.13. The first kappa shape index (κ1) is 16.3. The highest BCUT2D eigenvalue weighted by atomic mass is 32.1. The molecule has 0 fully saturated rings. The number of nitrogens with one attached hydrogen (secondary N) is 3. The number of amides is 2. The molecule has 0 aromatic carbocycles. The van der Waals surface area contributed by atoms with Gasteiger partial charge in [-0.2, -0.15) is 0 Å². The summed E-state index contributed by atoms with van der Waals surface area (Å²) in [5.74, 6) is 0. The topological polar surface area (TPSA) is 74.0 Å². The third kappa shape index (κ3) is 3.98. The van der Waals surface area contributed by atoms with E-state index in [9.17, 15) is 9.59 Å². The van der Waals surface area contributed by atoms with E-state index in [-0.39, 0.29) is 24.2 Å². The first-order valence-corrected chi connectivity index (χ1v) is 7.98. The Morgan fingerprint density at radius 2 is 2.05 bits per heavy atom. The summed E-state index contributed by atoms with van der Waals surface area (Å²) in [6.07, 6.45) is 0. The van der Waals surface area contributed by atoms with E-state index >= 15 is 0 Å². The minimum absolute atomic E-state index is 0.0592. The van der Waals surface area contributed by atoms with Crippen molar-refractivity contribution in [2.24, 2.45) is 0 Å². The van der Waals surface area contributed by atoms with Gasteiger partial charge in [-0.05, 0) is 51.5 Å². The van der Waals surface area contributed by atoms with Crippen LogP contribution in [0.3, 0.4) is 0 Å². The molecule has 0 saturated heterocycles. The Morgan fingerprint density at radius 3 is 2.64 bits per heavy atom. The Hall–Kier alpha value is -2.08. The molecule has 2 aromatic heterocycles. The van der Waals surface area contributed by atoms with Crippen LogP contribution in [0.1, 0.15) is 39.5 Å². The Kier molecular flexibility index (Phi) is 5.03. The lowest BCUT2D eigenvalue weighted by Crippen LogP contribution is -2.37. The summed E-state index contributed by atoms with van der Waals surface area (Å²) in [6.45, 7) is 7.89. The van der Waals surface area contributed by atoms with Gasteiger partial charge in [0.1, 0.15) is 0 Å². The standard InChI is InChI=1S/C16H21N3O2S/c1-9-7-10(2)18-15(20)13(9)8-17-16(21)19-12(4)14-6-5-11(3)22-14/h5-7,12H,8H2,1-4H3,(H,18,20)(H2,17,19,21)/t12-/m1/s1. The lowest BCUT2D eigenvalue weighted by Gasteiger charge is -2.14. The summed E-state index contributed by atoms with van der Waals surface area (Å²) in [5, 5.41) is 5.62. The van der Waals surface area contributed by atoms with Crippen molar-refractivity contribution < 1.29 is 4.79 Å². The first-order chi connectivity index (χ1) is 10.4. The molecular formula is C16H21N3O2S. The van der Waals surface area contributed by atoms with E-state index in [4.69, 9.17) is 0 Å². The van der Waals surface area contributed by atoms with Crippen LogP contribution in [0.15, 0.2) is 23.0 Å². The largest absolute Gasteiger partial charge is 0.334 e. The molecule has 2 rings (SSSR count). The summed E-state index contributed by atoms with van der Waals surface area (Å²) in [7, 11) is 0. The molecule has 5 nitrogen and oxygen atoms in total. The molecule has 0 unspecified atom stereocenters. The highest BCUT2D eigenvalue weighted by Gasteiger charge is 2.12. The molecule has 6 heteroatoms. The lowest BCUT2D eigenvalue weighted by atomic mass is 10.1. The molecular weight excluding hydrogens is 298 g/mol. The van der Waals surface area contributed by atoms with Crippen LogP contribution >= 0.6 is 11.3 Å². The average Bonchev–Trinajstić information content (AvgIpc) is 2.84. The normalized spacial score (nSPS) is 12.0. The molecule has 22 heavy (non-hydrogen) atoms. The fraction of sp³-hybridized carbons (Fsp3) is 0.375. The van der Waals surface area contributed by atoms with Crippen LogP contribution in [-0.4, -0.2) is 11.0 Å². The van der Waals surface area contributed by atoms with Crippen LogP contribution in [0.2, 0.25) is 0 Å². The second-order valence-corrected chi connectivity index (χ2v) is 6.76. The predicted octanol–water partition coefficient (Wildman–Crippen LogP) is 2.92. The molecule has 0 aliphatic rings. The highest BCUT2D eigenvalue weighted by Crippen LogP contribution is 2.22. The Balaban J connectivity index is 1.95. The summed E-state index contributed by atoms with van der Waals surface area (Å²) >= 11 is 1.66. The molecule has 2 aromatic rings. The van der Waals surface area contributed by atoms with Crippen molar-refractivity contribution in [2.45, 2.75) is 40.3 Å². The third-order valence-electron chi connectivity index (χ3n) is 3.46. The Bertz CT molecular complexity index is 733. The highest BCUT2D eigenvalue weighted by molar-refractivity contribution is 7.12. The second kappa shape index (κ2) is 6.79. The molecule has 118 valence electrons. The minimum Gasteiger partial charge on any atom is -0.334 e. The van der Waals surface area contributed by atoms with Crippen molar-refractivity contribution in [1.29, 1.82) is 0 Å². The molecule has 0 radical (unpaired) electrons. The van der Waals surface area contributed by atoms with Gasteiger partial charge in [-0.1, -0.05) is 0 Å². The number of rotatable bonds is 4. The minimum atomic E-state index is -0.280. The van der Waals surface area contributed by atoms with Gasteiger partial charge in [-0.3, -0.25) is 4.79 Å². The molecule has 1 atom stereocenters. The molecule has 2 amide bonds. The number of aromatic nitrogens is 1. The molecule has 0 bridgehead atoms. The smallest absolute Gasteiger partial charge is 0.315 e. The lowest BCUT2D eigenvalue weighted by molar-refractivity contribution is 0.237. The van der Waals surface area contributed by atoms with E-state index in [0.717, 1.165) is 16.1 Å². The van der Waals surface area contributed by atoms with E-state index in [1.165, 1.54) is 4.88 Å². The fourth-order valence-electron chi connectivity index (χ4n) is 2.27. The van der Waals surface area contributed by atoms with Gasteiger partial charge in [0.2, 0.25) is 0 Å². The summed E-state index contributed by atoms with van der Waals surface area (Å²) in [6, 6.07) is 5.60. The first-order valence-electron chi connectivity index (χ1n) is 7.17. The molecule has 0 spiro atoms. The van der Waals surface area contributed by atoms with Crippen molar-refractivity contribution in [1.82, 2.24) is 15.6 Å². The number of H-pyrrole nitrogens is 1. The van der Waals surface area contributed by atoms with E-state index in [1.54, 1.807) is 11.3 Å². The van der Waals surface area contributed by atoms with Crippen molar-refractivity contribution in [2.75, 3.05) is 0 Å². The van der Waals surface area contributed by atoms with Crippen molar-refractivity contribution >= 4 is 17.4 Å². The number of carbonyl (C=O) groups is 1. The fourth-order valence-corrected chi connectivity index (χ4v) is 3.15. The van der Waals surface area contributed by atoms with E-state index < -0.39 is 0 Å². The van der Waals surface area contributed by atoms with E-state index in [2.05, 4.69) is 15.6 Å². The molecule has 0 aliphatic heterocycles. The number of aromatic amines is 1. The molecule has 3 N–H and O–H groups in total. The predicted molar refractivity (Wildman–Crippen MR) is 89.4 cm³/mol. The zero-order chi connectivity index (χ0) is 16.3. The van der Waals surface area contributed by atoms with E-state index in [1.807, 2.05) is 45.9 Å². The number of pyridine rings is 1. The zero-order valence-electron chi connectivity index (χ0n) is 13.2. The van der Waals surface area contributed by atoms with Crippen molar-refractivity contribution in [3.63, 3.8) is 0 Å². The Labute approximate surface area is 133 Å². The summed E-state index contributed by atoms with van der Waals surface area (Å²) < 4.78 is 0. The number of aryl methyl sites for hydroxylation is 3. The van der Waals surface area contributed by atoms with Gasteiger partial charge in [-0.25, -0.2) is 4.79 Å². The third-order valence-corrected chi connectivity index (χ3v) is 4.64. The second-order valence-electron chi connectivity index (χ2n) is 5.44. The van der Waals surface area contributed by atoms with Crippen molar-refractivity contribution in [3.05, 3.63) is 55.1 Å². The number of carbonyl (C=O) groups excluding carboxylic acids is 1. The monoisotopic (exact) mass is 319 g/mol. The quantitative estimate of drug-likeness (QED) is 0.810. The van der Waals surface area contributed by atoms with Crippen LogP contribution in [0.5, 0.6) is 0 Å². The van der Waals surface area contributed by atoms with Gasteiger partial charge >= 0.3 is 6.03 Å². The SMILES string of the molecule is Cc1cc(C)c(CNC(=O)N[C@H](C)c2ccc(C)s2)c(=O)[nH]1. The number of urea groups is 1. The van der Waals surface area contributed by atoms with Crippen LogP contribution in [0.25, 0.3) is 0 Å². The average molecular weight is 319 g/mol. The van der Waals surface area contributed by atoms with Crippen LogP contribution in [-0.2, 0) is 6.54 Å². The maximum absolute atomic E-state index is 12.0. The van der Waals surface area contributed by atoms with Gasteiger partial charge in [0.25, 0.3) is 5.56 Å². The maximum atomic E-state index is 12.0. The zero-order valence-corrected chi connectivity index (χ0v) is 14.1. The van der Waals surface area contributed by atoms with Gasteiger partial charge < -0.3 is 15.6 Å². The molecule has 0 aliphatic carbocycles. The van der Waals surface area contributed by atoms with Crippen molar-refractivity contribution in [3.8, 4) is 0 Å². The van der Waals surface area contributed by atoms with Crippen LogP contribution in [0, 0.1) is 20.8 Å². The Morgan fingerprint density at radius 1 is 1.32 bits per heavy atom. The van der Waals surface area contributed by atoms with Gasteiger partial charge in [0.05, 0.1) is 12.6 Å². The van der Waals surface area contributed by atoms with Gasteiger partial charge in [0, 0.05) is 21.0 Å². The summed E-state index contributed by atoms with van der Waals surface area (Å²) in [4.78, 5) is 28.9. The van der Waals surface area contributed by atoms with Gasteiger partial charge in [-0.15, -0.1) is 11.3 Å². The van der Waals surface area contributed by atoms with Crippen LogP contribution < -0.4 is 16.2 Å². The van der Waals surface area contributed by atoms with E-state index in [0.29, 0.717) is 5.56 Å².